The molecule has 0 aliphatic carbocycles. The van der Waals surface area contributed by atoms with Crippen LogP contribution in [0.2, 0.25) is 0 Å². The summed E-state index contributed by atoms with van der Waals surface area (Å²) in [5, 5.41) is 11.7. The van der Waals surface area contributed by atoms with Crippen LogP contribution in [-0.2, 0) is 4.79 Å². The summed E-state index contributed by atoms with van der Waals surface area (Å²) in [6.45, 7) is 3.34. The lowest BCUT2D eigenvalue weighted by Crippen LogP contribution is -2.53. The van der Waals surface area contributed by atoms with Crippen molar-refractivity contribution in [3.63, 3.8) is 0 Å². The largest absolute Gasteiger partial charge is 0.480 e. The van der Waals surface area contributed by atoms with Gasteiger partial charge in [0, 0.05) is 5.56 Å². The van der Waals surface area contributed by atoms with Crippen molar-refractivity contribution in [3.8, 4) is 0 Å². The van der Waals surface area contributed by atoms with E-state index in [0.29, 0.717) is 0 Å². The van der Waals surface area contributed by atoms with Gasteiger partial charge >= 0.3 is 5.97 Å². The van der Waals surface area contributed by atoms with E-state index in [1.807, 2.05) is 0 Å². The van der Waals surface area contributed by atoms with Gasteiger partial charge in [0.25, 0.3) is 5.91 Å². The van der Waals surface area contributed by atoms with Crippen LogP contribution in [-0.4, -0.2) is 22.5 Å². The first kappa shape index (κ1) is 14.9. The summed E-state index contributed by atoms with van der Waals surface area (Å²) >= 11 is 0. The van der Waals surface area contributed by atoms with E-state index >= 15 is 0 Å². The molecule has 0 unspecified atom stereocenters. The summed E-state index contributed by atoms with van der Waals surface area (Å²) in [4.78, 5) is 23.2. The predicted molar refractivity (Wildman–Crippen MR) is 69.2 cm³/mol. The Morgan fingerprint density at radius 2 is 1.95 bits per heavy atom. The number of hydrogen-bond donors (Lipinski definition) is 3. The fraction of sp³-hybridized carbons (Fsp3) is 0.385. The van der Waals surface area contributed by atoms with Gasteiger partial charge in [-0.25, -0.2) is 9.18 Å². The van der Waals surface area contributed by atoms with Crippen LogP contribution < -0.4 is 11.1 Å². The number of carboxylic acids is 1. The minimum absolute atomic E-state index is 0.0409. The maximum atomic E-state index is 13.3. The smallest absolute Gasteiger partial charge is 0.329 e. The van der Waals surface area contributed by atoms with E-state index in [1.54, 1.807) is 13.8 Å². The van der Waals surface area contributed by atoms with Crippen LogP contribution in [0.3, 0.4) is 0 Å². The number of halogens is 1. The van der Waals surface area contributed by atoms with Gasteiger partial charge in [-0.15, -0.1) is 0 Å². The monoisotopic (exact) mass is 268 g/mol. The molecule has 0 spiro atoms. The number of anilines is 1. The van der Waals surface area contributed by atoms with Crippen LogP contribution in [0.5, 0.6) is 0 Å². The average molecular weight is 268 g/mol. The molecule has 19 heavy (non-hydrogen) atoms. The van der Waals surface area contributed by atoms with Crippen molar-refractivity contribution < 1.29 is 19.1 Å². The molecule has 104 valence electrons. The Hall–Kier alpha value is -2.11. The van der Waals surface area contributed by atoms with E-state index in [0.717, 1.165) is 6.07 Å². The molecular weight excluding hydrogens is 251 g/mol. The molecule has 0 aliphatic rings. The van der Waals surface area contributed by atoms with Gasteiger partial charge in [0.2, 0.25) is 0 Å². The third-order valence-corrected chi connectivity index (χ3v) is 3.23. The van der Waals surface area contributed by atoms with Crippen LogP contribution in [0, 0.1) is 5.82 Å². The Kier molecular flexibility index (Phi) is 4.47. The number of nitrogen functional groups attached to an aromatic ring is 1. The molecule has 5 nitrogen and oxygen atoms in total. The molecule has 1 amide bonds. The second kappa shape index (κ2) is 5.69. The van der Waals surface area contributed by atoms with E-state index in [-0.39, 0.29) is 24.1 Å². The van der Waals surface area contributed by atoms with Gasteiger partial charge in [0.05, 0.1) is 5.69 Å². The highest BCUT2D eigenvalue weighted by atomic mass is 19.1. The van der Waals surface area contributed by atoms with E-state index in [1.165, 1.54) is 12.1 Å². The Balaban J connectivity index is 3.00. The standard InChI is InChI=1S/C13H17FN2O3/c1-3-13(4-2,12(18)19)16-11(17)8-5-6-10(15)9(14)7-8/h5-7H,3-4,15H2,1-2H3,(H,16,17)(H,18,19). The molecule has 1 aromatic carbocycles. The van der Waals surface area contributed by atoms with Crippen molar-refractivity contribution >= 4 is 17.6 Å². The van der Waals surface area contributed by atoms with Crippen LogP contribution >= 0.6 is 0 Å². The molecule has 0 saturated heterocycles. The van der Waals surface area contributed by atoms with Crippen LogP contribution in [0.1, 0.15) is 37.0 Å². The molecule has 0 radical (unpaired) electrons. The second-order valence-electron chi connectivity index (χ2n) is 4.28. The quantitative estimate of drug-likeness (QED) is 0.710. The number of carbonyl (C=O) groups excluding carboxylic acids is 1. The van der Waals surface area contributed by atoms with Gasteiger partial charge < -0.3 is 16.2 Å². The van der Waals surface area contributed by atoms with Crippen molar-refractivity contribution in [1.29, 1.82) is 0 Å². The van der Waals surface area contributed by atoms with Crippen LogP contribution in [0.25, 0.3) is 0 Å². The van der Waals surface area contributed by atoms with Gasteiger partial charge in [-0.1, -0.05) is 13.8 Å². The zero-order chi connectivity index (χ0) is 14.6. The molecule has 0 heterocycles. The van der Waals surface area contributed by atoms with Crippen molar-refractivity contribution in [2.45, 2.75) is 32.2 Å². The maximum Gasteiger partial charge on any atom is 0.329 e. The van der Waals surface area contributed by atoms with E-state index < -0.39 is 23.2 Å². The number of carbonyl (C=O) groups is 2. The highest BCUT2D eigenvalue weighted by Crippen LogP contribution is 2.18. The van der Waals surface area contributed by atoms with Crippen molar-refractivity contribution in [2.75, 3.05) is 5.73 Å². The van der Waals surface area contributed by atoms with Crippen LogP contribution in [0.15, 0.2) is 18.2 Å². The first-order valence-electron chi connectivity index (χ1n) is 5.97. The summed E-state index contributed by atoms with van der Waals surface area (Å²) < 4.78 is 13.3. The summed E-state index contributed by atoms with van der Waals surface area (Å²) in [5.74, 6) is -2.45. The fourth-order valence-electron chi connectivity index (χ4n) is 1.74. The molecular formula is C13H17FN2O3. The van der Waals surface area contributed by atoms with E-state index in [2.05, 4.69) is 5.32 Å². The number of nitrogens with two attached hydrogens (primary N) is 1. The molecule has 0 atom stereocenters. The first-order chi connectivity index (χ1) is 8.86. The molecule has 0 bridgehead atoms. The van der Waals surface area contributed by atoms with Gasteiger partial charge in [-0.05, 0) is 31.0 Å². The molecule has 1 rings (SSSR count). The van der Waals surface area contributed by atoms with Crippen molar-refractivity contribution in [2.24, 2.45) is 0 Å². The number of benzene rings is 1. The third kappa shape index (κ3) is 3.01. The van der Waals surface area contributed by atoms with Gasteiger partial charge in [0.1, 0.15) is 11.4 Å². The maximum absolute atomic E-state index is 13.3. The SMILES string of the molecule is CCC(CC)(NC(=O)c1ccc(N)c(F)c1)C(=O)O. The Morgan fingerprint density at radius 3 is 2.37 bits per heavy atom. The third-order valence-electron chi connectivity index (χ3n) is 3.23. The molecule has 0 saturated carbocycles. The number of rotatable bonds is 5. The zero-order valence-corrected chi connectivity index (χ0v) is 10.9. The normalized spacial score (nSPS) is 11.1. The molecule has 1 aromatic rings. The lowest BCUT2D eigenvalue weighted by atomic mass is 9.92. The number of nitrogens with one attached hydrogen (secondary N) is 1. The summed E-state index contributed by atoms with van der Waals surface area (Å²) in [6.07, 6.45) is 0.476. The van der Waals surface area contributed by atoms with E-state index in [4.69, 9.17) is 5.73 Å². The zero-order valence-electron chi connectivity index (χ0n) is 10.9. The van der Waals surface area contributed by atoms with Crippen molar-refractivity contribution in [3.05, 3.63) is 29.6 Å². The lowest BCUT2D eigenvalue weighted by molar-refractivity contribution is -0.144. The van der Waals surface area contributed by atoms with Gasteiger partial charge in [-0.2, -0.15) is 0 Å². The first-order valence-corrected chi connectivity index (χ1v) is 5.97. The predicted octanol–water partition coefficient (Wildman–Crippen LogP) is 1.78. The van der Waals surface area contributed by atoms with E-state index in [9.17, 15) is 19.1 Å². The summed E-state index contributed by atoms with van der Waals surface area (Å²) in [5.41, 5.74) is 3.96. The summed E-state index contributed by atoms with van der Waals surface area (Å²) in [7, 11) is 0. The van der Waals surface area contributed by atoms with Crippen LogP contribution in [0.4, 0.5) is 10.1 Å². The lowest BCUT2D eigenvalue weighted by Gasteiger charge is -2.28. The fourth-order valence-corrected chi connectivity index (χ4v) is 1.74. The van der Waals surface area contributed by atoms with Gasteiger partial charge in [0.15, 0.2) is 0 Å². The number of amides is 1. The summed E-state index contributed by atoms with van der Waals surface area (Å²) in [6, 6.07) is 3.61. The topological polar surface area (TPSA) is 92.4 Å². The second-order valence-corrected chi connectivity index (χ2v) is 4.28. The number of carboxylic acid groups (broad SMARTS) is 1. The van der Waals surface area contributed by atoms with Gasteiger partial charge in [-0.3, -0.25) is 4.79 Å². The molecule has 0 aliphatic heterocycles. The number of hydrogen-bond acceptors (Lipinski definition) is 3. The Bertz CT molecular complexity index is 499. The molecule has 0 aromatic heterocycles. The molecule has 4 N–H and O–H groups in total. The Morgan fingerprint density at radius 1 is 1.37 bits per heavy atom. The molecule has 6 heteroatoms. The van der Waals surface area contributed by atoms with Crippen molar-refractivity contribution in [1.82, 2.24) is 5.32 Å². The average Bonchev–Trinajstić information content (AvgIpc) is 2.38. The highest BCUT2D eigenvalue weighted by molar-refractivity contribution is 5.98. The minimum atomic E-state index is -1.34. The Labute approximate surface area is 110 Å². The minimum Gasteiger partial charge on any atom is -0.480 e. The number of aliphatic carboxylic acids is 1. The molecule has 0 fully saturated rings. The highest BCUT2D eigenvalue weighted by Gasteiger charge is 2.36.